The van der Waals surface area contributed by atoms with E-state index in [-0.39, 0.29) is 9.79 Å². The Labute approximate surface area is 170 Å². The van der Waals surface area contributed by atoms with Crippen molar-refractivity contribution in [1.29, 1.82) is 0 Å². The maximum Gasteiger partial charge on any atom is 0.210 e. The van der Waals surface area contributed by atoms with E-state index in [4.69, 9.17) is 4.74 Å². The first-order valence-corrected chi connectivity index (χ1v) is 11.1. The molecule has 0 aliphatic carbocycles. The van der Waals surface area contributed by atoms with E-state index in [9.17, 15) is 12.8 Å². The first-order valence-electron chi connectivity index (χ1n) is 9.62. The summed E-state index contributed by atoms with van der Waals surface area (Å²) in [6, 6.07) is 10.7. The minimum Gasteiger partial charge on any atom is -0.497 e. The van der Waals surface area contributed by atoms with Gasteiger partial charge in [0.1, 0.15) is 16.5 Å². The van der Waals surface area contributed by atoms with Gasteiger partial charge in [-0.3, -0.25) is 4.98 Å². The van der Waals surface area contributed by atoms with Gasteiger partial charge < -0.3 is 9.64 Å². The van der Waals surface area contributed by atoms with Crippen LogP contribution in [0.4, 0.5) is 10.1 Å². The number of anilines is 1. The van der Waals surface area contributed by atoms with Crippen molar-refractivity contribution in [3.05, 3.63) is 54.5 Å². The van der Waals surface area contributed by atoms with Crippen LogP contribution in [0, 0.1) is 11.7 Å². The molecular weight excluding hydrogens is 391 g/mol. The summed E-state index contributed by atoms with van der Waals surface area (Å²) in [4.78, 5) is 6.60. The number of piperidine rings is 1. The Hall–Kier alpha value is -2.67. The molecule has 2 heterocycles. The Morgan fingerprint density at radius 1 is 1.14 bits per heavy atom. The van der Waals surface area contributed by atoms with E-state index >= 15 is 0 Å². The van der Waals surface area contributed by atoms with Crippen molar-refractivity contribution in [2.45, 2.75) is 29.6 Å². The molecule has 0 N–H and O–H groups in total. The number of methoxy groups -OCH3 is 1. The molecule has 0 saturated carbocycles. The second-order valence-electron chi connectivity index (χ2n) is 7.48. The number of sulfone groups is 1. The molecule has 1 saturated heterocycles. The van der Waals surface area contributed by atoms with Crippen LogP contribution in [0.3, 0.4) is 0 Å². The van der Waals surface area contributed by atoms with E-state index in [0.29, 0.717) is 28.3 Å². The van der Waals surface area contributed by atoms with Gasteiger partial charge in [0.15, 0.2) is 0 Å². The summed E-state index contributed by atoms with van der Waals surface area (Å²) >= 11 is 0. The van der Waals surface area contributed by atoms with Gasteiger partial charge in [0.2, 0.25) is 9.84 Å². The molecule has 1 aliphatic heterocycles. The predicted octanol–water partition coefficient (Wildman–Crippen LogP) is 4.45. The highest BCUT2D eigenvalue weighted by Gasteiger charge is 2.29. The van der Waals surface area contributed by atoms with Crippen LogP contribution in [0.1, 0.15) is 19.8 Å². The van der Waals surface area contributed by atoms with E-state index in [1.807, 2.05) is 0 Å². The maximum atomic E-state index is 14.1. The Morgan fingerprint density at radius 3 is 2.62 bits per heavy atom. The third-order valence-electron chi connectivity index (χ3n) is 5.51. The minimum atomic E-state index is -3.88. The van der Waals surface area contributed by atoms with Gasteiger partial charge in [-0.1, -0.05) is 13.0 Å². The maximum absolute atomic E-state index is 14.1. The third-order valence-corrected chi connectivity index (χ3v) is 7.26. The number of halogens is 1. The highest BCUT2D eigenvalue weighted by atomic mass is 32.2. The highest BCUT2D eigenvalue weighted by Crippen LogP contribution is 2.38. The van der Waals surface area contributed by atoms with Crippen LogP contribution in [-0.2, 0) is 9.84 Å². The van der Waals surface area contributed by atoms with E-state index < -0.39 is 15.7 Å². The summed E-state index contributed by atoms with van der Waals surface area (Å²) in [5.41, 5.74) is 1.11. The number of fused-ring (bicyclic) bond motifs is 1. The zero-order valence-electron chi connectivity index (χ0n) is 16.4. The molecule has 5 nitrogen and oxygen atoms in total. The standard InChI is InChI=1S/C22H23FN2O3S/c1-15-8-10-25(11-9-15)22-19-12-16(23)6-7-20(19)24-14-21(22)29(26,27)18-5-3-4-17(13-18)28-2/h3-7,12-15H,8-11H2,1-2H3. The molecule has 1 aromatic heterocycles. The average molecular weight is 415 g/mol. The van der Waals surface area contributed by atoms with Gasteiger partial charge in [0.25, 0.3) is 0 Å². The summed E-state index contributed by atoms with van der Waals surface area (Å²) in [7, 11) is -2.38. The highest BCUT2D eigenvalue weighted by molar-refractivity contribution is 7.91. The zero-order chi connectivity index (χ0) is 20.6. The summed E-state index contributed by atoms with van der Waals surface area (Å²) in [5.74, 6) is 0.621. The second-order valence-corrected chi connectivity index (χ2v) is 9.40. The van der Waals surface area contributed by atoms with Crippen LogP contribution in [0.2, 0.25) is 0 Å². The van der Waals surface area contributed by atoms with Crippen molar-refractivity contribution in [2.24, 2.45) is 5.92 Å². The predicted molar refractivity (Wildman–Crippen MR) is 111 cm³/mol. The number of nitrogens with zero attached hydrogens (tertiary/aromatic N) is 2. The van der Waals surface area contributed by atoms with Crippen LogP contribution in [0.25, 0.3) is 10.9 Å². The van der Waals surface area contributed by atoms with Gasteiger partial charge >= 0.3 is 0 Å². The number of aromatic nitrogens is 1. The Morgan fingerprint density at radius 2 is 1.90 bits per heavy atom. The monoisotopic (exact) mass is 414 g/mol. The molecule has 4 rings (SSSR count). The fraction of sp³-hybridized carbons (Fsp3) is 0.318. The molecule has 29 heavy (non-hydrogen) atoms. The van der Waals surface area contributed by atoms with Crippen LogP contribution in [-0.4, -0.2) is 33.6 Å². The molecule has 1 fully saturated rings. The molecule has 0 unspecified atom stereocenters. The second kappa shape index (κ2) is 7.63. The Balaban J connectivity index is 1.95. The average Bonchev–Trinajstić information content (AvgIpc) is 2.73. The van der Waals surface area contributed by atoms with Gasteiger partial charge in [0.05, 0.1) is 23.2 Å². The van der Waals surface area contributed by atoms with Crippen molar-refractivity contribution >= 4 is 26.4 Å². The lowest BCUT2D eigenvalue weighted by Gasteiger charge is -2.34. The van der Waals surface area contributed by atoms with Crippen molar-refractivity contribution in [1.82, 2.24) is 4.98 Å². The lowest BCUT2D eigenvalue weighted by Crippen LogP contribution is -2.34. The summed E-state index contributed by atoms with van der Waals surface area (Å²) < 4.78 is 46.4. The fourth-order valence-corrected chi connectivity index (χ4v) is 5.25. The van der Waals surface area contributed by atoms with Crippen molar-refractivity contribution in [3.8, 4) is 5.75 Å². The largest absolute Gasteiger partial charge is 0.497 e. The van der Waals surface area contributed by atoms with Gasteiger partial charge in [-0.15, -0.1) is 0 Å². The first-order chi connectivity index (χ1) is 13.9. The number of hydrogen-bond acceptors (Lipinski definition) is 5. The van der Waals surface area contributed by atoms with E-state index in [1.165, 1.54) is 37.6 Å². The Bertz CT molecular complexity index is 1160. The van der Waals surface area contributed by atoms with Crippen LogP contribution in [0.15, 0.2) is 58.5 Å². The smallest absolute Gasteiger partial charge is 0.210 e. The zero-order valence-corrected chi connectivity index (χ0v) is 17.2. The topological polar surface area (TPSA) is 59.5 Å². The number of pyridine rings is 1. The van der Waals surface area contributed by atoms with Crippen LogP contribution in [0.5, 0.6) is 5.75 Å². The molecule has 3 aromatic rings. The molecule has 0 atom stereocenters. The normalized spacial score (nSPS) is 15.6. The number of benzene rings is 2. The fourth-order valence-electron chi connectivity index (χ4n) is 3.78. The van der Waals surface area contributed by atoms with Crippen LogP contribution >= 0.6 is 0 Å². The quantitative estimate of drug-likeness (QED) is 0.631. The molecule has 0 bridgehead atoms. The molecular formula is C22H23FN2O3S. The van der Waals surface area contributed by atoms with Crippen molar-refractivity contribution in [2.75, 3.05) is 25.1 Å². The van der Waals surface area contributed by atoms with E-state index in [1.54, 1.807) is 18.2 Å². The molecule has 7 heteroatoms. The van der Waals surface area contributed by atoms with Gasteiger partial charge in [-0.05, 0) is 55.2 Å². The van der Waals surface area contributed by atoms with E-state index in [2.05, 4.69) is 16.8 Å². The molecule has 0 spiro atoms. The molecule has 1 aliphatic rings. The molecule has 0 radical (unpaired) electrons. The first kappa shape index (κ1) is 19.6. The molecule has 0 amide bonds. The SMILES string of the molecule is COc1cccc(S(=O)(=O)c2cnc3ccc(F)cc3c2N2CCC(C)CC2)c1. The number of ether oxygens (including phenoxy) is 1. The number of hydrogen-bond donors (Lipinski definition) is 0. The lowest BCUT2D eigenvalue weighted by atomic mass is 9.98. The van der Waals surface area contributed by atoms with Crippen molar-refractivity contribution in [3.63, 3.8) is 0 Å². The van der Waals surface area contributed by atoms with Gasteiger partial charge in [-0.25, -0.2) is 12.8 Å². The molecule has 152 valence electrons. The number of rotatable bonds is 4. The Kier molecular flexibility index (Phi) is 5.17. The summed E-state index contributed by atoms with van der Waals surface area (Å²) in [6.07, 6.45) is 3.30. The summed E-state index contributed by atoms with van der Waals surface area (Å²) in [6.45, 7) is 3.63. The lowest BCUT2D eigenvalue weighted by molar-refractivity contribution is 0.413. The third kappa shape index (κ3) is 3.67. The summed E-state index contributed by atoms with van der Waals surface area (Å²) in [5, 5.41) is 0.517. The van der Waals surface area contributed by atoms with Gasteiger partial charge in [0, 0.05) is 24.7 Å². The van der Waals surface area contributed by atoms with E-state index in [0.717, 1.165) is 25.9 Å². The van der Waals surface area contributed by atoms with Crippen LogP contribution < -0.4 is 9.64 Å². The van der Waals surface area contributed by atoms with Gasteiger partial charge in [-0.2, -0.15) is 0 Å². The molecule has 2 aromatic carbocycles. The minimum absolute atomic E-state index is 0.0957. The van der Waals surface area contributed by atoms with Crippen molar-refractivity contribution < 1.29 is 17.5 Å².